The minimum absolute atomic E-state index is 0.0468. The van der Waals surface area contributed by atoms with Crippen molar-refractivity contribution in [1.82, 2.24) is 0 Å². The molecule has 11 atom stereocenters. The molecule has 0 aromatic carbocycles. The van der Waals surface area contributed by atoms with E-state index >= 15 is 0 Å². The number of aliphatic hydroxyl groups excluding tert-OH is 3. The highest BCUT2D eigenvalue weighted by atomic mass is 16.5. The van der Waals surface area contributed by atoms with Gasteiger partial charge in [-0.25, -0.2) is 0 Å². The molecule has 1 aliphatic heterocycles. The van der Waals surface area contributed by atoms with Gasteiger partial charge in [-0.05, 0) is 66.3 Å². The first-order valence-corrected chi connectivity index (χ1v) is 15.1. The van der Waals surface area contributed by atoms with Crippen molar-refractivity contribution >= 4 is 11.9 Å². The summed E-state index contributed by atoms with van der Waals surface area (Å²) in [6.45, 7) is 15.6. The number of hydrogen-bond donors (Lipinski definition) is 3. The maximum absolute atomic E-state index is 12.5. The molecular weight excluding hydrogens is 496 g/mol. The van der Waals surface area contributed by atoms with E-state index in [0.717, 1.165) is 37.7 Å². The van der Waals surface area contributed by atoms with Gasteiger partial charge in [0.05, 0.1) is 31.2 Å². The van der Waals surface area contributed by atoms with Gasteiger partial charge in [-0.2, -0.15) is 0 Å². The Morgan fingerprint density at radius 3 is 2.41 bits per heavy atom. The Hall–Kier alpha value is -1.44. The van der Waals surface area contributed by atoms with Gasteiger partial charge in [-0.15, -0.1) is 0 Å². The molecule has 4 aliphatic carbocycles. The summed E-state index contributed by atoms with van der Waals surface area (Å²) in [5.41, 5.74) is 1.29. The Balaban J connectivity index is 1.07. The molecule has 7 nitrogen and oxygen atoms in total. The SMILES string of the molecule is CC[C@H](C)C1(C)CC12CC2(C)[C@@H](O)C[C@@H](O)CC(=O)OC/C=C(\C)C1(C)CC12CC2(C)[C@@H]1C[C@@H](O)CC(=O)O1. The van der Waals surface area contributed by atoms with Gasteiger partial charge in [0.1, 0.15) is 12.7 Å². The molecule has 5 rings (SSSR count). The van der Waals surface area contributed by atoms with Gasteiger partial charge in [0, 0.05) is 23.7 Å². The molecule has 6 unspecified atom stereocenters. The molecule has 2 spiro atoms. The molecule has 0 aromatic rings. The number of esters is 2. The Morgan fingerprint density at radius 1 is 1.10 bits per heavy atom. The molecular formula is C32H50O7. The molecule has 0 aromatic heterocycles. The third-order valence-corrected chi connectivity index (χ3v) is 13.2. The van der Waals surface area contributed by atoms with Crippen molar-refractivity contribution in [1.29, 1.82) is 0 Å². The van der Waals surface area contributed by atoms with E-state index < -0.39 is 24.3 Å². The van der Waals surface area contributed by atoms with Crippen LogP contribution in [-0.2, 0) is 19.1 Å². The van der Waals surface area contributed by atoms with Crippen molar-refractivity contribution in [2.75, 3.05) is 6.61 Å². The highest BCUT2D eigenvalue weighted by molar-refractivity contribution is 5.71. The molecule has 7 heteroatoms. The minimum Gasteiger partial charge on any atom is -0.462 e. The lowest BCUT2D eigenvalue weighted by Gasteiger charge is -2.32. The van der Waals surface area contributed by atoms with Crippen LogP contribution in [0.15, 0.2) is 11.6 Å². The molecule has 4 saturated carbocycles. The van der Waals surface area contributed by atoms with Gasteiger partial charge < -0.3 is 24.8 Å². The predicted molar refractivity (Wildman–Crippen MR) is 146 cm³/mol. The monoisotopic (exact) mass is 546 g/mol. The van der Waals surface area contributed by atoms with E-state index in [1.165, 1.54) is 0 Å². The van der Waals surface area contributed by atoms with E-state index in [0.29, 0.717) is 12.3 Å². The average molecular weight is 547 g/mol. The van der Waals surface area contributed by atoms with E-state index in [1.807, 2.05) is 6.08 Å². The average Bonchev–Trinajstić information content (AvgIpc) is 3.79. The highest BCUT2D eigenvalue weighted by Crippen LogP contribution is 2.91. The first-order chi connectivity index (χ1) is 18.0. The van der Waals surface area contributed by atoms with Crippen molar-refractivity contribution in [3.63, 3.8) is 0 Å². The number of cyclic esters (lactones) is 1. The Kier molecular flexibility index (Phi) is 6.73. The quantitative estimate of drug-likeness (QED) is 0.254. The van der Waals surface area contributed by atoms with Crippen molar-refractivity contribution in [2.24, 2.45) is 38.4 Å². The number of carbonyl (C=O) groups is 2. The van der Waals surface area contributed by atoms with Crippen molar-refractivity contribution in [3.05, 3.63) is 11.6 Å². The third kappa shape index (κ3) is 4.15. The van der Waals surface area contributed by atoms with Gasteiger partial charge in [0.15, 0.2) is 0 Å². The predicted octanol–water partition coefficient (Wildman–Crippen LogP) is 4.70. The number of carbonyl (C=O) groups excluding carboxylic acids is 2. The van der Waals surface area contributed by atoms with Crippen LogP contribution < -0.4 is 0 Å². The lowest BCUT2D eigenvalue weighted by molar-refractivity contribution is -0.165. The minimum atomic E-state index is -0.925. The second kappa shape index (κ2) is 9.03. The largest absolute Gasteiger partial charge is 0.462 e. The third-order valence-electron chi connectivity index (χ3n) is 13.2. The molecule has 39 heavy (non-hydrogen) atoms. The summed E-state index contributed by atoms with van der Waals surface area (Å²) in [7, 11) is 0. The zero-order valence-electron chi connectivity index (χ0n) is 25.0. The van der Waals surface area contributed by atoms with Crippen LogP contribution in [0.25, 0.3) is 0 Å². The topological polar surface area (TPSA) is 113 Å². The van der Waals surface area contributed by atoms with E-state index in [9.17, 15) is 24.9 Å². The summed E-state index contributed by atoms with van der Waals surface area (Å²) in [4.78, 5) is 24.4. The Labute approximate surface area is 233 Å². The van der Waals surface area contributed by atoms with Crippen LogP contribution >= 0.6 is 0 Å². The van der Waals surface area contributed by atoms with Gasteiger partial charge in [0.25, 0.3) is 0 Å². The summed E-state index contributed by atoms with van der Waals surface area (Å²) in [6, 6.07) is 0. The zero-order chi connectivity index (χ0) is 28.8. The second-order valence-corrected chi connectivity index (χ2v) is 15.0. The van der Waals surface area contributed by atoms with E-state index in [1.54, 1.807) is 0 Å². The van der Waals surface area contributed by atoms with Crippen LogP contribution in [0.2, 0.25) is 0 Å². The molecule has 5 fully saturated rings. The number of allylic oxidation sites excluding steroid dienone is 1. The van der Waals surface area contributed by atoms with Gasteiger partial charge in [-0.3, -0.25) is 9.59 Å². The van der Waals surface area contributed by atoms with Gasteiger partial charge in [0.2, 0.25) is 0 Å². The molecule has 0 bridgehead atoms. The number of ether oxygens (including phenoxy) is 2. The summed E-state index contributed by atoms with van der Waals surface area (Å²) in [5, 5.41) is 31.6. The fraction of sp³-hybridized carbons (Fsp3) is 0.875. The van der Waals surface area contributed by atoms with E-state index in [4.69, 9.17) is 9.47 Å². The van der Waals surface area contributed by atoms with Crippen LogP contribution in [0.3, 0.4) is 0 Å². The van der Waals surface area contributed by atoms with Gasteiger partial charge >= 0.3 is 11.9 Å². The first-order valence-electron chi connectivity index (χ1n) is 15.1. The standard InChI is InChI=1S/C32H50O7/c1-8-19(2)27(4)15-31(27)17-29(31,6)23(35)11-21(33)13-25(36)38-10-9-20(3)28(5)16-32(28)18-30(32,7)24-12-22(34)14-26(37)39-24/h9,19,21-24,33-35H,8,10-18H2,1-7H3/b20-9+/t19-,21+,22+,23-,24-,27?,28?,29?,30?,31?,32?/m0/s1. The van der Waals surface area contributed by atoms with Crippen molar-refractivity contribution < 1.29 is 34.4 Å². The molecule has 3 N–H and O–H groups in total. The molecule has 1 saturated heterocycles. The summed E-state index contributed by atoms with van der Waals surface area (Å²) in [5.74, 6) is -0.163. The molecule has 220 valence electrons. The van der Waals surface area contributed by atoms with E-state index in [2.05, 4.69) is 48.5 Å². The molecule has 0 radical (unpaired) electrons. The number of rotatable bonds is 11. The van der Waals surface area contributed by atoms with Crippen LogP contribution in [0, 0.1) is 38.4 Å². The number of aliphatic hydroxyl groups is 3. The highest BCUT2D eigenvalue weighted by Gasteiger charge is 2.86. The maximum Gasteiger partial charge on any atom is 0.308 e. The molecule has 1 heterocycles. The van der Waals surface area contributed by atoms with E-state index in [-0.39, 0.29) is 70.4 Å². The Bertz CT molecular complexity index is 1070. The lowest BCUT2D eigenvalue weighted by atomic mass is 9.82. The fourth-order valence-corrected chi connectivity index (χ4v) is 9.49. The first kappa shape index (κ1) is 29.1. The normalized spacial score (nSPS) is 48.4. The molecule has 5 aliphatic rings. The smallest absolute Gasteiger partial charge is 0.308 e. The zero-order valence-corrected chi connectivity index (χ0v) is 25.0. The Morgan fingerprint density at radius 2 is 1.77 bits per heavy atom. The van der Waals surface area contributed by atoms with Crippen molar-refractivity contribution in [3.8, 4) is 0 Å². The van der Waals surface area contributed by atoms with Crippen LogP contribution in [-0.4, -0.2) is 58.3 Å². The summed E-state index contributed by atoms with van der Waals surface area (Å²) >= 11 is 0. The van der Waals surface area contributed by atoms with Crippen LogP contribution in [0.1, 0.15) is 106 Å². The van der Waals surface area contributed by atoms with Gasteiger partial charge in [-0.1, -0.05) is 53.5 Å². The second-order valence-electron chi connectivity index (χ2n) is 15.0. The maximum atomic E-state index is 12.5. The van der Waals surface area contributed by atoms with Crippen molar-refractivity contribution in [2.45, 2.75) is 131 Å². The molecule has 0 amide bonds. The van der Waals surface area contributed by atoms with Crippen LogP contribution in [0.5, 0.6) is 0 Å². The summed E-state index contributed by atoms with van der Waals surface area (Å²) in [6.07, 6.45) is 5.36. The summed E-state index contributed by atoms with van der Waals surface area (Å²) < 4.78 is 11.1. The van der Waals surface area contributed by atoms with Crippen LogP contribution in [0.4, 0.5) is 0 Å². The number of hydrogen-bond acceptors (Lipinski definition) is 7. The fourth-order valence-electron chi connectivity index (χ4n) is 9.49. The lowest BCUT2D eigenvalue weighted by Crippen LogP contribution is -2.38.